The molecule has 1 aliphatic rings. The molecule has 1 amide bonds. The molecule has 0 aromatic carbocycles. The van der Waals surface area contributed by atoms with Crippen LogP contribution >= 0.6 is 0 Å². The van der Waals surface area contributed by atoms with Crippen molar-refractivity contribution in [2.75, 3.05) is 19.6 Å². The zero-order valence-corrected chi connectivity index (χ0v) is 12.1. The topological polar surface area (TPSA) is 121 Å². The molecule has 1 aliphatic heterocycles. The first-order valence-electron chi connectivity index (χ1n) is 6.43. The van der Waals surface area contributed by atoms with Crippen molar-refractivity contribution in [2.24, 2.45) is 5.73 Å². The summed E-state index contributed by atoms with van der Waals surface area (Å²) in [5.74, 6) is -0.666. The summed E-state index contributed by atoms with van der Waals surface area (Å²) in [7, 11) is -3.78. The van der Waals surface area contributed by atoms with E-state index in [1.165, 1.54) is 10.5 Å². The molecule has 2 rings (SSSR count). The highest BCUT2D eigenvalue weighted by atomic mass is 32.2. The van der Waals surface area contributed by atoms with Gasteiger partial charge in [-0.1, -0.05) is 0 Å². The standard InChI is InChI=1S/C11H19N5O3S/c1-8-10(6-14-15-8)20(18,19)16(7-11(12)17)9-3-2-4-13-5-9/h6,9,13H,2-5,7H2,1H3,(H2,12,17)(H,14,15). The lowest BCUT2D eigenvalue weighted by molar-refractivity contribution is -0.118. The number of carbonyl (C=O) groups is 1. The molecule has 2 heterocycles. The molecular weight excluding hydrogens is 282 g/mol. The van der Waals surface area contributed by atoms with Crippen LogP contribution in [0.25, 0.3) is 0 Å². The lowest BCUT2D eigenvalue weighted by Gasteiger charge is -2.32. The quantitative estimate of drug-likeness (QED) is 0.640. The van der Waals surface area contributed by atoms with E-state index in [1.807, 2.05) is 0 Å². The van der Waals surface area contributed by atoms with Gasteiger partial charge in [-0.15, -0.1) is 0 Å². The molecule has 1 atom stereocenters. The number of aryl methyl sites for hydroxylation is 1. The summed E-state index contributed by atoms with van der Waals surface area (Å²) >= 11 is 0. The van der Waals surface area contributed by atoms with Crippen molar-refractivity contribution in [3.63, 3.8) is 0 Å². The van der Waals surface area contributed by atoms with E-state index in [4.69, 9.17) is 5.73 Å². The van der Waals surface area contributed by atoms with E-state index in [9.17, 15) is 13.2 Å². The van der Waals surface area contributed by atoms with Crippen LogP contribution in [-0.2, 0) is 14.8 Å². The molecule has 20 heavy (non-hydrogen) atoms. The van der Waals surface area contributed by atoms with Gasteiger partial charge in [0.25, 0.3) is 0 Å². The fourth-order valence-corrected chi connectivity index (χ4v) is 4.11. The van der Waals surface area contributed by atoms with Gasteiger partial charge >= 0.3 is 0 Å². The van der Waals surface area contributed by atoms with E-state index in [0.717, 1.165) is 13.0 Å². The van der Waals surface area contributed by atoms with Crippen molar-refractivity contribution in [3.05, 3.63) is 11.9 Å². The highest BCUT2D eigenvalue weighted by molar-refractivity contribution is 7.89. The Balaban J connectivity index is 2.34. The van der Waals surface area contributed by atoms with E-state index in [-0.39, 0.29) is 17.5 Å². The van der Waals surface area contributed by atoms with E-state index in [0.29, 0.717) is 18.7 Å². The maximum Gasteiger partial charge on any atom is 0.247 e. The Hall–Kier alpha value is -1.45. The van der Waals surface area contributed by atoms with Crippen LogP contribution in [0.2, 0.25) is 0 Å². The second-order valence-electron chi connectivity index (χ2n) is 4.88. The van der Waals surface area contributed by atoms with Gasteiger partial charge in [0.2, 0.25) is 15.9 Å². The van der Waals surface area contributed by atoms with Crippen LogP contribution in [0.5, 0.6) is 0 Å². The molecule has 1 aromatic heterocycles. The van der Waals surface area contributed by atoms with Gasteiger partial charge in [-0.3, -0.25) is 9.89 Å². The average molecular weight is 301 g/mol. The first-order chi connectivity index (χ1) is 9.43. The highest BCUT2D eigenvalue weighted by Gasteiger charge is 2.34. The van der Waals surface area contributed by atoms with Gasteiger partial charge in [-0.25, -0.2) is 8.42 Å². The molecule has 1 aromatic rings. The van der Waals surface area contributed by atoms with Gasteiger partial charge in [0.15, 0.2) is 0 Å². The summed E-state index contributed by atoms with van der Waals surface area (Å²) in [5, 5.41) is 9.47. The van der Waals surface area contributed by atoms with Crippen molar-refractivity contribution < 1.29 is 13.2 Å². The van der Waals surface area contributed by atoms with Crippen LogP contribution in [-0.4, -0.2) is 54.5 Å². The van der Waals surface area contributed by atoms with Crippen LogP contribution in [0.4, 0.5) is 0 Å². The Morgan fingerprint density at radius 3 is 2.85 bits per heavy atom. The van der Waals surface area contributed by atoms with Crippen LogP contribution < -0.4 is 11.1 Å². The first-order valence-corrected chi connectivity index (χ1v) is 7.87. The lowest BCUT2D eigenvalue weighted by Crippen LogP contribution is -2.51. The van der Waals surface area contributed by atoms with Gasteiger partial charge in [0.05, 0.1) is 18.4 Å². The van der Waals surface area contributed by atoms with Gasteiger partial charge in [-0.05, 0) is 26.3 Å². The number of sulfonamides is 1. The lowest BCUT2D eigenvalue weighted by atomic mass is 10.1. The van der Waals surface area contributed by atoms with Crippen LogP contribution in [0, 0.1) is 6.92 Å². The smallest absolute Gasteiger partial charge is 0.247 e. The van der Waals surface area contributed by atoms with Crippen LogP contribution in [0.1, 0.15) is 18.5 Å². The zero-order valence-electron chi connectivity index (χ0n) is 11.3. The monoisotopic (exact) mass is 301 g/mol. The third-order valence-electron chi connectivity index (χ3n) is 3.36. The SMILES string of the molecule is Cc1[nH]ncc1S(=O)(=O)N(CC(N)=O)C1CCCNC1. The second-order valence-corrected chi connectivity index (χ2v) is 6.73. The largest absolute Gasteiger partial charge is 0.369 e. The number of nitrogens with two attached hydrogens (primary N) is 1. The highest BCUT2D eigenvalue weighted by Crippen LogP contribution is 2.22. The number of hydrogen-bond donors (Lipinski definition) is 3. The van der Waals surface area contributed by atoms with Crippen molar-refractivity contribution in [1.82, 2.24) is 19.8 Å². The minimum Gasteiger partial charge on any atom is -0.369 e. The minimum absolute atomic E-state index is 0.0873. The summed E-state index contributed by atoms with van der Waals surface area (Å²) in [6.07, 6.45) is 2.82. The van der Waals surface area contributed by atoms with Crippen molar-refractivity contribution in [3.8, 4) is 0 Å². The predicted molar refractivity (Wildman–Crippen MR) is 72.3 cm³/mol. The molecule has 0 radical (unpaired) electrons. The molecule has 1 saturated heterocycles. The second kappa shape index (κ2) is 5.90. The van der Waals surface area contributed by atoms with Crippen molar-refractivity contribution >= 4 is 15.9 Å². The molecular formula is C11H19N5O3S. The van der Waals surface area contributed by atoms with E-state index >= 15 is 0 Å². The predicted octanol–water partition coefficient (Wildman–Crippen LogP) is -1.05. The molecule has 0 saturated carbocycles. The molecule has 112 valence electrons. The van der Waals surface area contributed by atoms with Gasteiger partial charge < -0.3 is 11.1 Å². The van der Waals surface area contributed by atoms with Crippen molar-refractivity contribution in [2.45, 2.75) is 30.7 Å². The fourth-order valence-electron chi connectivity index (χ4n) is 2.37. The normalized spacial score (nSPS) is 20.2. The Labute approximate surface area is 117 Å². The number of piperidine rings is 1. The summed E-state index contributed by atoms with van der Waals surface area (Å²) in [6.45, 7) is 2.68. The molecule has 1 unspecified atom stereocenters. The molecule has 0 spiro atoms. The molecule has 9 heteroatoms. The number of nitrogens with one attached hydrogen (secondary N) is 2. The number of rotatable bonds is 5. The maximum absolute atomic E-state index is 12.7. The number of hydrogen-bond acceptors (Lipinski definition) is 5. The molecule has 0 aliphatic carbocycles. The number of aromatic amines is 1. The van der Waals surface area contributed by atoms with Gasteiger partial charge in [0.1, 0.15) is 4.90 Å². The van der Waals surface area contributed by atoms with E-state index < -0.39 is 15.9 Å². The van der Waals surface area contributed by atoms with Crippen molar-refractivity contribution in [1.29, 1.82) is 0 Å². The van der Waals surface area contributed by atoms with Gasteiger partial charge in [-0.2, -0.15) is 9.40 Å². The Morgan fingerprint density at radius 2 is 2.35 bits per heavy atom. The zero-order chi connectivity index (χ0) is 14.8. The Morgan fingerprint density at radius 1 is 1.60 bits per heavy atom. The van der Waals surface area contributed by atoms with E-state index in [1.54, 1.807) is 6.92 Å². The summed E-state index contributed by atoms with van der Waals surface area (Å²) < 4.78 is 26.5. The number of H-pyrrole nitrogens is 1. The number of primary amides is 1. The summed E-state index contributed by atoms with van der Waals surface area (Å²) in [5.41, 5.74) is 5.65. The Kier molecular flexibility index (Phi) is 4.41. The number of amides is 1. The number of nitrogens with zero attached hydrogens (tertiary/aromatic N) is 2. The number of aromatic nitrogens is 2. The molecule has 8 nitrogen and oxygen atoms in total. The Bertz CT molecular complexity index is 577. The number of carbonyl (C=O) groups excluding carboxylic acids is 1. The fraction of sp³-hybridized carbons (Fsp3) is 0.636. The third-order valence-corrected chi connectivity index (χ3v) is 5.37. The van der Waals surface area contributed by atoms with Gasteiger partial charge in [0, 0.05) is 12.6 Å². The van der Waals surface area contributed by atoms with Crippen LogP contribution in [0.15, 0.2) is 11.1 Å². The average Bonchev–Trinajstić information content (AvgIpc) is 2.83. The molecule has 4 N–H and O–H groups in total. The van der Waals surface area contributed by atoms with Crippen LogP contribution in [0.3, 0.4) is 0 Å². The first kappa shape index (κ1) is 14.9. The molecule has 0 bridgehead atoms. The summed E-state index contributed by atoms with van der Waals surface area (Å²) in [4.78, 5) is 11.3. The van der Waals surface area contributed by atoms with E-state index in [2.05, 4.69) is 15.5 Å². The third kappa shape index (κ3) is 3.00. The maximum atomic E-state index is 12.7. The molecule has 1 fully saturated rings. The summed E-state index contributed by atoms with van der Waals surface area (Å²) in [6, 6.07) is -0.268. The minimum atomic E-state index is -3.78.